The first-order valence-corrected chi connectivity index (χ1v) is 8.68. The average Bonchev–Trinajstić information content (AvgIpc) is 3.11. The van der Waals surface area contributed by atoms with Crippen molar-refractivity contribution in [3.8, 4) is 0 Å². The fourth-order valence-electron chi connectivity index (χ4n) is 2.58. The topological polar surface area (TPSA) is 56.7 Å². The van der Waals surface area contributed by atoms with Crippen LogP contribution in [0.3, 0.4) is 0 Å². The number of carbonyl (C=O) groups is 1. The monoisotopic (exact) mass is 322 g/mol. The average molecular weight is 322 g/mol. The number of likely N-dealkylation sites (tertiary alicyclic amines) is 1. The normalized spacial score (nSPS) is 18.9. The molecule has 5 nitrogen and oxygen atoms in total. The van der Waals surface area contributed by atoms with E-state index in [1.807, 2.05) is 18.7 Å². The van der Waals surface area contributed by atoms with Gasteiger partial charge in [0.15, 0.2) is 5.96 Å². The second kappa shape index (κ2) is 7.63. The fourth-order valence-corrected chi connectivity index (χ4v) is 3.43. The Morgan fingerprint density at radius 3 is 2.91 bits per heavy atom. The van der Waals surface area contributed by atoms with Gasteiger partial charge in [0, 0.05) is 37.0 Å². The highest BCUT2D eigenvalue weighted by Gasteiger charge is 2.27. The molecule has 1 aliphatic heterocycles. The largest absolute Gasteiger partial charge is 0.352 e. The Kier molecular flexibility index (Phi) is 5.83. The summed E-state index contributed by atoms with van der Waals surface area (Å²) in [5.41, 5.74) is 1.31. The molecule has 1 aromatic heterocycles. The molecule has 0 saturated carbocycles. The number of hydrogen-bond acceptors (Lipinski definition) is 3. The lowest BCUT2D eigenvalue weighted by molar-refractivity contribution is -0.133. The highest BCUT2D eigenvalue weighted by molar-refractivity contribution is 7.10. The number of guanidine groups is 1. The summed E-state index contributed by atoms with van der Waals surface area (Å²) in [6.45, 7) is 8.39. The molecule has 1 unspecified atom stereocenters. The van der Waals surface area contributed by atoms with Gasteiger partial charge < -0.3 is 15.5 Å². The molecule has 22 heavy (non-hydrogen) atoms. The minimum atomic E-state index is 0.0676. The van der Waals surface area contributed by atoms with Crippen LogP contribution in [0, 0.1) is 12.8 Å². The van der Waals surface area contributed by atoms with Crippen LogP contribution in [0.15, 0.2) is 16.4 Å². The van der Waals surface area contributed by atoms with Crippen molar-refractivity contribution in [2.75, 3.05) is 20.1 Å². The lowest BCUT2D eigenvalue weighted by Crippen LogP contribution is -2.45. The Morgan fingerprint density at radius 1 is 1.55 bits per heavy atom. The first-order valence-electron chi connectivity index (χ1n) is 7.80. The minimum Gasteiger partial charge on any atom is -0.352 e. The molecule has 6 heteroatoms. The number of thiophene rings is 1. The van der Waals surface area contributed by atoms with Crippen molar-refractivity contribution in [2.45, 2.75) is 39.8 Å². The van der Waals surface area contributed by atoms with Gasteiger partial charge in [-0.2, -0.15) is 0 Å². The number of hydrogen-bond donors (Lipinski definition) is 2. The highest BCUT2D eigenvalue weighted by Crippen LogP contribution is 2.15. The summed E-state index contributed by atoms with van der Waals surface area (Å²) < 4.78 is 0. The molecule has 1 atom stereocenters. The van der Waals surface area contributed by atoms with Gasteiger partial charge in [-0.3, -0.25) is 9.79 Å². The molecule has 0 bridgehead atoms. The Balaban J connectivity index is 1.82. The van der Waals surface area contributed by atoms with Crippen LogP contribution in [-0.2, 0) is 11.3 Å². The van der Waals surface area contributed by atoms with E-state index in [1.165, 1.54) is 10.4 Å². The van der Waals surface area contributed by atoms with E-state index in [-0.39, 0.29) is 17.9 Å². The van der Waals surface area contributed by atoms with E-state index in [1.54, 1.807) is 18.4 Å². The zero-order valence-electron chi connectivity index (χ0n) is 13.8. The number of rotatable bonds is 4. The van der Waals surface area contributed by atoms with Gasteiger partial charge in [-0.05, 0) is 30.4 Å². The van der Waals surface area contributed by atoms with Gasteiger partial charge in [-0.25, -0.2) is 0 Å². The van der Waals surface area contributed by atoms with Crippen LogP contribution in [0.25, 0.3) is 0 Å². The second-order valence-electron chi connectivity index (χ2n) is 6.02. The molecule has 0 radical (unpaired) electrons. The van der Waals surface area contributed by atoms with E-state index >= 15 is 0 Å². The van der Waals surface area contributed by atoms with E-state index in [4.69, 9.17) is 0 Å². The van der Waals surface area contributed by atoms with Gasteiger partial charge in [0.05, 0.1) is 6.54 Å². The van der Waals surface area contributed by atoms with E-state index in [0.29, 0.717) is 0 Å². The van der Waals surface area contributed by atoms with Crippen LogP contribution in [0.4, 0.5) is 0 Å². The number of carbonyl (C=O) groups excluding carboxylic acids is 1. The molecule has 0 aromatic carbocycles. The molecule has 122 valence electrons. The van der Waals surface area contributed by atoms with E-state index in [0.717, 1.165) is 32.0 Å². The van der Waals surface area contributed by atoms with Gasteiger partial charge in [0.25, 0.3) is 0 Å². The standard InChI is InChI=1S/C16H26N4OS/c1-11(2)15(21)20-7-5-13(10-20)19-16(17-4)18-9-14-12(3)6-8-22-14/h6,8,11,13H,5,7,9-10H2,1-4H3,(H2,17,18,19). The number of nitrogens with zero attached hydrogens (tertiary/aromatic N) is 2. The van der Waals surface area contributed by atoms with Crippen molar-refractivity contribution in [1.82, 2.24) is 15.5 Å². The van der Waals surface area contributed by atoms with Gasteiger partial charge in [-0.15, -0.1) is 11.3 Å². The molecule has 2 heterocycles. The van der Waals surface area contributed by atoms with Gasteiger partial charge >= 0.3 is 0 Å². The molecule has 1 amide bonds. The minimum absolute atomic E-state index is 0.0676. The van der Waals surface area contributed by atoms with Crippen molar-refractivity contribution >= 4 is 23.2 Å². The zero-order chi connectivity index (χ0) is 16.1. The Hall–Kier alpha value is -1.56. The third-order valence-corrected chi connectivity index (χ3v) is 4.97. The highest BCUT2D eigenvalue weighted by atomic mass is 32.1. The first-order chi connectivity index (χ1) is 10.5. The SMILES string of the molecule is CN=C(NCc1sccc1C)NC1CCN(C(=O)C(C)C)C1. The van der Waals surface area contributed by atoms with Gasteiger partial charge in [0.2, 0.25) is 5.91 Å². The maximum Gasteiger partial charge on any atom is 0.225 e. The van der Waals surface area contributed by atoms with Crippen LogP contribution in [0.2, 0.25) is 0 Å². The molecular formula is C16H26N4OS. The predicted molar refractivity (Wildman–Crippen MR) is 92.2 cm³/mol. The third kappa shape index (κ3) is 4.22. The number of aryl methyl sites for hydroxylation is 1. The molecule has 0 spiro atoms. The van der Waals surface area contributed by atoms with Crippen molar-refractivity contribution in [2.24, 2.45) is 10.9 Å². The lowest BCUT2D eigenvalue weighted by atomic mass is 10.2. The van der Waals surface area contributed by atoms with Crippen molar-refractivity contribution < 1.29 is 4.79 Å². The Bertz CT molecular complexity index is 538. The summed E-state index contributed by atoms with van der Waals surface area (Å²) in [5.74, 6) is 1.11. The fraction of sp³-hybridized carbons (Fsp3) is 0.625. The summed E-state index contributed by atoms with van der Waals surface area (Å²) in [7, 11) is 1.78. The van der Waals surface area contributed by atoms with Gasteiger partial charge in [0.1, 0.15) is 0 Å². The molecule has 0 aliphatic carbocycles. The van der Waals surface area contributed by atoms with Crippen molar-refractivity contribution in [1.29, 1.82) is 0 Å². The molecule has 1 fully saturated rings. The molecule has 1 aromatic rings. The molecule has 2 rings (SSSR count). The molecule has 1 aliphatic rings. The molecule has 2 N–H and O–H groups in total. The van der Waals surface area contributed by atoms with Crippen LogP contribution >= 0.6 is 11.3 Å². The van der Waals surface area contributed by atoms with Crippen molar-refractivity contribution in [3.05, 3.63) is 21.9 Å². The number of nitrogens with one attached hydrogen (secondary N) is 2. The summed E-state index contributed by atoms with van der Waals surface area (Å²) in [6, 6.07) is 2.41. The zero-order valence-corrected chi connectivity index (χ0v) is 14.7. The quantitative estimate of drug-likeness (QED) is 0.658. The van der Waals surface area contributed by atoms with Crippen LogP contribution < -0.4 is 10.6 Å². The van der Waals surface area contributed by atoms with Crippen molar-refractivity contribution in [3.63, 3.8) is 0 Å². The first kappa shape index (κ1) is 16.8. The predicted octanol–water partition coefficient (Wildman–Crippen LogP) is 1.98. The summed E-state index contributed by atoms with van der Waals surface area (Å²) in [6.07, 6.45) is 0.969. The number of amides is 1. The maximum absolute atomic E-state index is 12.0. The van der Waals surface area contributed by atoms with Crippen LogP contribution in [0.5, 0.6) is 0 Å². The van der Waals surface area contributed by atoms with E-state index in [2.05, 4.69) is 34.0 Å². The van der Waals surface area contributed by atoms with Crippen LogP contribution in [-0.4, -0.2) is 42.9 Å². The van der Waals surface area contributed by atoms with E-state index in [9.17, 15) is 4.79 Å². The maximum atomic E-state index is 12.0. The van der Waals surface area contributed by atoms with Gasteiger partial charge in [-0.1, -0.05) is 13.8 Å². The van der Waals surface area contributed by atoms with Crippen LogP contribution in [0.1, 0.15) is 30.7 Å². The molecule has 1 saturated heterocycles. The number of aliphatic imine (C=N–C) groups is 1. The van der Waals surface area contributed by atoms with E-state index < -0.39 is 0 Å². The Morgan fingerprint density at radius 2 is 2.32 bits per heavy atom. The lowest BCUT2D eigenvalue weighted by Gasteiger charge is -2.20. The summed E-state index contributed by atoms with van der Waals surface area (Å²) in [5, 5.41) is 8.88. The summed E-state index contributed by atoms with van der Waals surface area (Å²) >= 11 is 1.75. The summed E-state index contributed by atoms with van der Waals surface area (Å²) in [4.78, 5) is 19.6. The second-order valence-corrected chi connectivity index (χ2v) is 7.02. The molecular weight excluding hydrogens is 296 g/mol. The third-order valence-electron chi connectivity index (χ3n) is 3.94. The Labute approximate surface area is 136 Å². The smallest absolute Gasteiger partial charge is 0.225 e.